The third kappa shape index (κ3) is 9.66. The van der Waals surface area contributed by atoms with Crippen molar-refractivity contribution in [3.05, 3.63) is 0 Å². The molecule has 0 heterocycles. The second kappa shape index (κ2) is 7.43. The Balaban J connectivity index is 0. The Morgan fingerprint density at radius 2 is 2.12 bits per heavy atom. The van der Waals surface area contributed by atoms with E-state index in [1.807, 2.05) is 0 Å². The van der Waals surface area contributed by atoms with Gasteiger partial charge in [-0.05, 0) is 19.4 Å². The summed E-state index contributed by atoms with van der Waals surface area (Å²) in [4.78, 5) is 9.59. The third-order valence-electron chi connectivity index (χ3n) is 0.585. The zero-order chi connectivity index (χ0) is 5.70. The molecule has 0 radical (unpaired) electrons. The molecule has 0 unspecified atom stereocenters. The first kappa shape index (κ1) is 11.3. The predicted molar refractivity (Wildman–Crippen MR) is 23.3 cm³/mol. The number of hydrogen-bond acceptors (Lipinski definition) is 3. The summed E-state index contributed by atoms with van der Waals surface area (Å²) in [6.45, 7) is 0.425. The molecule has 0 rings (SSSR count). The molecular weight excluding hydrogens is 117 g/mol. The number of carbonyl (C=O) groups is 1. The van der Waals surface area contributed by atoms with E-state index in [1.165, 1.54) is 0 Å². The molecule has 0 aromatic rings. The molecule has 0 bridgehead atoms. The summed E-state index contributed by atoms with van der Waals surface area (Å²) in [7, 11) is 0. The number of hydrogen-bond donors (Lipinski definition) is 1. The average molecular weight is 125 g/mol. The Morgan fingerprint density at radius 3 is 2.25 bits per heavy atom. The van der Waals surface area contributed by atoms with Gasteiger partial charge in [-0.15, -0.1) is 0 Å². The standard InChI is InChI=1S/C4H9NO2.Na/c5-3-1-2-4(6)7;/h1-3,5H2,(H,6,7);/q;+1/p-1. The third-order valence-corrected chi connectivity index (χ3v) is 0.585. The normalized spacial score (nSPS) is 7.62. The molecule has 0 amide bonds. The molecule has 0 saturated heterocycles. The number of aliphatic carboxylic acids is 1. The van der Waals surface area contributed by atoms with Gasteiger partial charge >= 0.3 is 29.6 Å². The Bertz CT molecular complexity index is 67.1. The molecule has 42 valence electrons. The zero-order valence-electron chi connectivity index (χ0n) is 5.02. The summed E-state index contributed by atoms with van der Waals surface area (Å²) >= 11 is 0. The van der Waals surface area contributed by atoms with Crippen molar-refractivity contribution in [3.8, 4) is 0 Å². The van der Waals surface area contributed by atoms with Crippen LogP contribution in [0.25, 0.3) is 0 Å². The maximum atomic E-state index is 9.59. The van der Waals surface area contributed by atoms with Crippen LogP contribution in [0.2, 0.25) is 0 Å². The van der Waals surface area contributed by atoms with Gasteiger partial charge in [-0.1, -0.05) is 0 Å². The van der Waals surface area contributed by atoms with Crippen LogP contribution in [-0.4, -0.2) is 12.5 Å². The van der Waals surface area contributed by atoms with E-state index in [-0.39, 0.29) is 36.0 Å². The van der Waals surface area contributed by atoms with Crippen molar-refractivity contribution in [2.24, 2.45) is 5.73 Å². The topological polar surface area (TPSA) is 66.2 Å². The minimum atomic E-state index is -1.02. The van der Waals surface area contributed by atoms with E-state index in [2.05, 4.69) is 0 Å². The van der Waals surface area contributed by atoms with Gasteiger partial charge in [0.15, 0.2) is 0 Å². The van der Waals surface area contributed by atoms with Crippen molar-refractivity contribution in [1.29, 1.82) is 0 Å². The van der Waals surface area contributed by atoms with Crippen molar-refractivity contribution < 1.29 is 39.5 Å². The van der Waals surface area contributed by atoms with Gasteiger partial charge in [0.1, 0.15) is 0 Å². The Hall–Kier alpha value is 0.430. The second-order valence-corrected chi connectivity index (χ2v) is 1.26. The Morgan fingerprint density at radius 1 is 1.62 bits per heavy atom. The molecular formula is C4H8NNaO2. The number of rotatable bonds is 3. The molecule has 3 nitrogen and oxygen atoms in total. The molecule has 2 N–H and O–H groups in total. The van der Waals surface area contributed by atoms with Crippen LogP contribution < -0.4 is 40.4 Å². The van der Waals surface area contributed by atoms with Crippen molar-refractivity contribution >= 4 is 5.97 Å². The molecule has 0 aliphatic heterocycles. The maximum absolute atomic E-state index is 9.59. The molecule has 8 heavy (non-hydrogen) atoms. The second-order valence-electron chi connectivity index (χ2n) is 1.26. The SMILES string of the molecule is NCCCC(=O)[O-].[Na+]. The van der Waals surface area contributed by atoms with E-state index in [0.29, 0.717) is 13.0 Å². The predicted octanol–water partition coefficient (Wildman–Crippen LogP) is -4.52. The van der Waals surface area contributed by atoms with Gasteiger partial charge in [-0.3, -0.25) is 0 Å². The van der Waals surface area contributed by atoms with Gasteiger partial charge in [0, 0.05) is 5.97 Å². The van der Waals surface area contributed by atoms with Crippen LogP contribution in [0.15, 0.2) is 0 Å². The summed E-state index contributed by atoms with van der Waals surface area (Å²) in [5.41, 5.74) is 4.99. The molecule has 4 heteroatoms. The number of nitrogens with two attached hydrogens (primary N) is 1. The molecule has 0 aliphatic carbocycles. The smallest absolute Gasteiger partial charge is 0.550 e. The van der Waals surface area contributed by atoms with Crippen molar-refractivity contribution in [2.75, 3.05) is 6.54 Å². The molecule has 0 aromatic carbocycles. The number of carbonyl (C=O) groups excluding carboxylic acids is 1. The van der Waals surface area contributed by atoms with Gasteiger partial charge in [-0.2, -0.15) is 0 Å². The van der Waals surface area contributed by atoms with Crippen molar-refractivity contribution in [2.45, 2.75) is 12.8 Å². The van der Waals surface area contributed by atoms with Crippen molar-refractivity contribution in [1.82, 2.24) is 0 Å². The van der Waals surface area contributed by atoms with Gasteiger partial charge in [0.25, 0.3) is 0 Å². The van der Waals surface area contributed by atoms with Gasteiger partial charge in [0.2, 0.25) is 0 Å². The molecule has 0 saturated carbocycles. The largest absolute Gasteiger partial charge is 1.00 e. The molecule has 0 spiro atoms. The minimum absolute atomic E-state index is 0. The Kier molecular flexibility index (Phi) is 10.5. The van der Waals surface area contributed by atoms with Gasteiger partial charge in [0.05, 0.1) is 0 Å². The van der Waals surface area contributed by atoms with Crippen LogP contribution in [0.3, 0.4) is 0 Å². The minimum Gasteiger partial charge on any atom is -0.550 e. The summed E-state index contributed by atoms with van der Waals surface area (Å²) in [5, 5.41) is 9.59. The van der Waals surface area contributed by atoms with E-state index >= 15 is 0 Å². The molecule has 0 aromatic heterocycles. The summed E-state index contributed by atoms with van der Waals surface area (Å²) in [6, 6.07) is 0. The molecule has 0 aliphatic rings. The van der Waals surface area contributed by atoms with Crippen molar-refractivity contribution in [3.63, 3.8) is 0 Å². The van der Waals surface area contributed by atoms with E-state index in [9.17, 15) is 9.90 Å². The van der Waals surface area contributed by atoms with Crippen LogP contribution in [0, 0.1) is 0 Å². The summed E-state index contributed by atoms with van der Waals surface area (Å²) in [5.74, 6) is -1.02. The quantitative estimate of drug-likeness (QED) is 0.386. The summed E-state index contributed by atoms with van der Waals surface area (Å²) < 4.78 is 0. The monoisotopic (exact) mass is 125 g/mol. The van der Waals surface area contributed by atoms with Crippen LogP contribution in [0.1, 0.15) is 12.8 Å². The number of carboxylic acids is 1. The van der Waals surface area contributed by atoms with Gasteiger partial charge in [-0.25, -0.2) is 0 Å². The first-order valence-electron chi connectivity index (χ1n) is 2.17. The van der Waals surface area contributed by atoms with Gasteiger partial charge < -0.3 is 15.6 Å². The zero-order valence-corrected chi connectivity index (χ0v) is 7.02. The van der Waals surface area contributed by atoms with Crippen LogP contribution in [0.5, 0.6) is 0 Å². The first-order valence-corrected chi connectivity index (χ1v) is 2.17. The Labute approximate surface area is 70.5 Å². The molecule has 0 fully saturated rings. The average Bonchev–Trinajstić information content (AvgIpc) is 1.61. The summed E-state index contributed by atoms with van der Waals surface area (Å²) in [6.07, 6.45) is 0.596. The number of carboxylic acid groups (broad SMARTS) is 1. The fraction of sp³-hybridized carbons (Fsp3) is 0.750. The van der Waals surface area contributed by atoms with E-state index in [1.54, 1.807) is 0 Å². The van der Waals surface area contributed by atoms with Crippen LogP contribution in [-0.2, 0) is 4.79 Å². The van der Waals surface area contributed by atoms with Crippen LogP contribution >= 0.6 is 0 Å². The fourth-order valence-electron chi connectivity index (χ4n) is 0.246. The molecule has 0 atom stereocenters. The first-order chi connectivity index (χ1) is 3.27. The van der Waals surface area contributed by atoms with Crippen LogP contribution in [0.4, 0.5) is 0 Å². The van der Waals surface area contributed by atoms with E-state index in [4.69, 9.17) is 5.73 Å². The maximum Gasteiger partial charge on any atom is 1.00 e. The van der Waals surface area contributed by atoms with E-state index < -0.39 is 5.97 Å². The van der Waals surface area contributed by atoms with E-state index in [0.717, 1.165) is 0 Å². The fourth-order valence-corrected chi connectivity index (χ4v) is 0.246.